The van der Waals surface area contributed by atoms with Crippen LogP contribution in [0.3, 0.4) is 0 Å². The number of hydrogen-bond donors (Lipinski definition) is 3. The Morgan fingerprint density at radius 2 is 2.00 bits per heavy atom. The molecule has 0 aromatic carbocycles. The van der Waals surface area contributed by atoms with Crippen LogP contribution in [0.2, 0.25) is 0 Å². The number of allylic oxidation sites excluding steroid dienone is 1. The van der Waals surface area contributed by atoms with Crippen LogP contribution in [0, 0.1) is 17.8 Å². The van der Waals surface area contributed by atoms with Gasteiger partial charge in [0.15, 0.2) is 0 Å². The van der Waals surface area contributed by atoms with Crippen LogP contribution in [0.15, 0.2) is 12.7 Å². The van der Waals surface area contributed by atoms with E-state index < -0.39 is 29.8 Å². The summed E-state index contributed by atoms with van der Waals surface area (Å²) >= 11 is 0. The maximum Gasteiger partial charge on any atom is 0.320 e. The van der Waals surface area contributed by atoms with Crippen molar-refractivity contribution in [3.63, 3.8) is 0 Å². The molecule has 0 spiro atoms. The number of hydrogen-bond acceptors (Lipinski definition) is 3. The third-order valence-corrected chi connectivity index (χ3v) is 2.39. The van der Waals surface area contributed by atoms with E-state index in [1.165, 1.54) is 6.08 Å². The van der Waals surface area contributed by atoms with Crippen LogP contribution in [0.5, 0.6) is 0 Å². The first-order valence-corrected chi connectivity index (χ1v) is 3.84. The first-order chi connectivity index (χ1) is 6.00. The van der Waals surface area contributed by atoms with Gasteiger partial charge in [0.25, 0.3) is 0 Å². The third kappa shape index (κ3) is 1.55. The highest BCUT2D eigenvalue weighted by Crippen LogP contribution is 2.48. The Morgan fingerprint density at radius 3 is 2.23 bits per heavy atom. The van der Waals surface area contributed by atoms with E-state index in [1.54, 1.807) is 0 Å². The van der Waals surface area contributed by atoms with E-state index in [2.05, 4.69) is 6.58 Å². The molecule has 13 heavy (non-hydrogen) atoms. The normalized spacial score (nSPS) is 33.5. The Morgan fingerprint density at radius 1 is 1.46 bits per heavy atom. The van der Waals surface area contributed by atoms with Gasteiger partial charge >= 0.3 is 11.9 Å². The van der Waals surface area contributed by atoms with Crippen molar-refractivity contribution in [2.24, 2.45) is 23.5 Å². The first kappa shape index (κ1) is 9.73. The summed E-state index contributed by atoms with van der Waals surface area (Å²) < 4.78 is 0. The van der Waals surface area contributed by atoms with Gasteiger partial charge in [-0.2, -0.15) is 0 Å². The lowest BCUT2D eigenvalue weighted by molar-refractivity contribution is -0.140. The largest absolute Gasteiger partial charge is 0.481 e. The summed E-state index contributed by atoms with van der Waals surface area (Å²) in [6.07, 6.45) is 1.45. The molecule has 1 rings (SSSR count). The molecule has 0 amide bonds. The Hall–Kier alpha value is -1.36. The Bertz CT molecular complexity index is 263. The molecule has 4 atom stereocenters. The number of nitrogens with two attached hydrogens (primary N) is 1. The van der Waals surface area contributed by atoms with E-state index in [-0.39, 0.29) is 5.92 Å². The topological polar surface area (TPSA) is 101 Å². The zero-order chi connectivity index (χ0) is 10.2. The van der Waals surface area contributed by atoms with Crippen LogP contribution in [0.25, 0.3) is 0 Å². The Labute approximate surface area is 74.8 Å². The quantitative estimate of drug-likeness (QED) is 0.514. The minimum absolute atomic E-state index is 0.302. The van der Waals surface area contributed by atoms with E-state index >= 15 is 0 Å². The third-order valence-electron chi connectivity index (χ3n) is 2.39. The fourth-order valence-corrected chi connectivity index (χ4v) is 1.62. The average molecular weight is 185 g/mol. The summed E-state index contributed by atoms with van der Waals surface area (Å²) in [4.78, 5) is 21.0. The molecule has 4 N–H and O–H groups in total. The lowest BCUT2D eigenvalue weighted by Crippen LogP contribution is -2.34. The zero-order valence-corrected chi connectivity index (χ0v) is 6.88. The number of rotatable bonds is 4. The van der Waals surface area contributed by atoms with Crippen molar-refractivity contribution in [2.75, 3.05) is 0 Å². The minimum atomic E-state index is -1.17. The molecule has 1 saturated carbocycles. The van der Waals surface area contributed by atoms with Crippen molar-refractivity contribution >= 4 is 11.9 Å². The molecule has 0 unspecified atom stereocenters. The highest BCUT2D eigenvalue weighted by atomic mass is 16.4. The van der Waals surface area contributed by atoms with Crippen LogP contribution < -0.4 is 5.73 Å². The fourth-order valence-electron chi connectivity index (χ4n) is 1.62. The van der Waals surface area contributed by atoms with Gasteiger partial charge in [0.2, 0.25) is 0 Å². The molecule has 1 aliphatic rings. The molecule has 5 heteroatoms. The van der Waals surface area contributed by atoms with Gasteiger partial charge in [-0.1, -0.05) is 6.08 Å². The molecule has 0 aromatic heterocycles. The second kappa shape index (κ2) is 3.18. The average Bonchev–Trinajstić information content (AvgIpc) is 2.76. The summed E-state index contributed by atoms with van der Waals surface area (Å²) in [5, 5.41) is 17.2. The van der Waals surface area contributed by atoms with Crippen molar-refractivity contribution in [3.8, 4) is 0 Å². The number of carbonyl (C=O) groups is 2. The summed E-state index contributed by atoms with van der Waals surface area (Å²) in [5.41, 5.74) is 5.31. The molecule has 0 radical (unpaired) electrons. The number of carboxylic acid groups (broad SMARTS) is 2. The number of aliphatic carboxylic acids is 2. The maximum absolute atomic E-state index is 10.6. The van der Waals surface area contributed by atoms with E-state index in [4.69, 9.17) is 15.9 Å². The Kier molecular flexibility index (Phi) is 2.38. The van der Waals surface area contributed by atoms with Crippen LogP contribution in [0.1, 0.15) is 0 Å². The summed E-state index contributed by atoms with van der Waals surface area (Å²) in [5.74, 6) is -3.66. The smallest absolute Gasteiger partial charge is 0.320 e. The van der Waals surface area contributed by atoms with E-state index in [9.17, 15) is 9.59 Å². The molecule has 0 saturated heterocycles. The predicted molar refractivity (Wildman–Crippen MR) is 43.9 cm³/mol. The van der Waals surface area contributed by atoms with Crippen molar-refractivity contribution in [1.29, 1.82) is 0 Å². The van der Waals surface area contributed by atoms with Crippen LogP contribution in [-0.4, -0.2) is 28.2 Å². The van der Waals surface area contributed by atoms with Gasteiger partial charge in [-0.15, -0.1) is 6.58 Å². The van der Waals surface area contributed by atoms with Gasteiger partial charge in [0.05, 0.1) is 5.92 Å². The van der Waals surface area contributed by atoms with Gasteiger partial charge in [-0.3, -0.25) is 9.59 Å². The number of carboxylic acids is 2. The Balaban J connectivity index is 2.68. The van der Waals surface area contributed by atoms with Gasteiger partial charge < -0.3 is 15.9 Å². The predicted octanol–water partition coefficient (Wildman–Crippen LogP) is -0.469. The standard InChI is InChI=1S/C8H11NO4/c1-2-3-4(5(3)7(10)11)6(9)8(12)13/h2-6H,1,9H2,(H,10,11)(H,12,13)/t3-,4+,5+,6+/m1/s1. The van der Waals surface area contributed by atoms with E-state index in [0.717, 1.165) is 0 Å². The maximum atomic E-state index is 10.6. The molecule has 1 fully saturated rings. The van der Waals surface area contributed by atoms with Crippen LogP contribution in [-0.2, 0) is 9.59 Å². The SMILES string of the molecule is C=C[C@H]1[C@H](C(=O)O)[C@H]1[C@H](N)C(=O)O. The van der Waals surface area contributed by atoms with Crippen molar-refractivity contribution in [3.05, 3.63) is 12.7 Å². The molecule has 0 aromatic rings. The monoisotopic (exact) mass is 185 g/mol. The fraction of sp³-hybridized carbons (Fsp3) is 0.500. The highest BCUT2D eigenvalue weighted by Gasteiger charge is 2.57. The highest BCUT2D eigenvalue weighted by molar-refractivity contribution is 5.80. The van der Waals surface area contributed by atoms with Gasteiger partial charge in [0.1, 0.15) is 6.04 Å². The molecule has 72 valence electrons. The molecule has 5 nitrogen and oxygen atoms in total. The summed E-state index contributed by atoms with van der Waals surface area (Å²) in [7, 11) is 0. The van der Waals surface area contributed by atoms with Crippen LogP contribution in [0.4, 0.5) is 0 Å². The van der Waals surface area contributed by atoms with Crippen LogP contribution >= 0.6 is 0 Å². The van der Waals surface area contributed by atoms with Gasteiger partial charge in [-0.05, 0) is 5.92 Å². The van der Waals surface area contributed by atoms with Crippen molar-refractivity contribution in [1.82, 2.24) is 0 Å². The summed E-state index contributed by atoms with van der Waals surface area (Å²) in [6.45, 7) is 3.44. The second-order valence-electron chi connectivity index (χ2n) is 3.12. The molecule has 1 aliphatic carbocycles. The van der Waals surface area contributed by atoms with Crippen molar-refractivity contribution < 1.29 is 19.8 Å². The van der Waals surface area contributed by atoms with E-state index in [0.29, 0.717) is 0 Å². The molecule has 0 heterocycles. The van der Waals surface area contributed by atoms with Gasteiger partial charge in [0, 0.05) is 5.92 Å². The lowest BCUT2D eigenvalue weighted by Gasteiger charge is -2.02. The second-order valence-corrected chi connectivity index (χ2v) is 3.12. The summed E-state index contributed by atoms with van der Waals surface area (Å²) in [6, 6.07) is -1.11. The first-order valence-electron chi connectivity index (χ1n) is 3.84. The lowest BCUT2D eigenvalue weighted by atomic mass is 10.1. The van der Waals surface area contributed by atoms with E-state index in [1.807, 2.05) is 0 Å². The molecule has 0 bridgehead atoms. The molecule has 0 aliphatic heterocycles. The minimum Gasteiger partial charge on any atom is -0.481 e. The molecular weight excluding hydrogens is 174 g/mol. The van der Waals surface area contributed by atoms with Crippen molar-refractivity contribution in [2.45, 2.75) is 6.04 Å². The zero-order valence-electron chi connectivity index (χ0n) is 6.88. The van der Waals surface area contributed by atoms with Gasteiger partial charge in [-0.25, -0.2) is 0 Å². The molecular formula is C8H11NO4.